The van der Waals surface area contributed by atoms with Crippen molar-refractivity contribution in [1.82, 2.24) is 0 Å². The minimum absolute atomic E-state index is 0.439. The Balaban J connectivity index is 2.81. The summed E-state index contributed by atoms with van der Waals surface area (Å²) in [6.07, 6.45) is 0. The summed E-state index contributed by atoms with van der Waals surface area (Å²) in [5, 5.41) is 1.92. The molecule has 2 rings (SSSR count). The van der Waals surface area contributed by atoms with Crippen LogP contribution in [0.15, 0.2) is 24.3 Å². The highest BCUT2D eigenvalue weighted by Gasteiger charge is 2.06. The third-order valence-corrected chi connectivity index (χ3v) is 2.82. The molecule has 0 fully saturated rings. The molecule has 0 atom stereocenters. The lowest BCUT2D eigenvalue weighted by atomic mass is 9.77. The maximum atomic E-state index is 6.02. The SMILES string of the molecule is [B]c1cc([B])c2c([B])cc(C(C)C)cc2c1. The summed E-state index contributed by atoms with van der Waals surface area (Å²) in [6, 6.07) is 7.74. The van der Waals surface area contributed by atoms with E-state index in [1.54, 1.807) is 6.07 Å². The van der Waals surface area contributed by atoms with Crippen LogP contribution in [-0.4, -0.2) is 23.5 Å². The molecule has 0 nitrogen and oxygen atoms in total. The monoisotopic (exact) mass is 200 g/mol. The second-order valence-corrected chi connectivity index (χ2v) is 4.47. The fraction of sp³-hybridized carbons (Fsp3) is 0.231. The molecule has 0 aliphatic carbocycles. The molecule has 6 radical (unpaired) electrons. The van der Waals surface area contributed by atoms with E-state index < -0.39 is 0 Å². The predicted octanol–water partition coefficient (Wildman–Crippen LogP) is 0.345. The van der Waals surface area contributed by atoms with Crippen LogP contribution in [0.1, 0.15) is 25.3 Å². The van der Waals surface area contributed by atoms with Crippen molar-refractivity contribution in [2.45, 2.75) is 19.8 Å². The Labute approximate surface area is 101 Å². The van der Waals surface area contributed by atoms with Crippen molar-refractivity contribution >= 4 is 50.7 Å². The topological polar surface area (TPSA) is 0 Å². The van der Waals surface area contributed by atoms with Crippen LogP contribution >= 0.6 is 0 Å². The van der Waals surface area contributed by atoms with Gasteiger partial charge in [-0.3, -0.25) is 0 Å². The normalized spacial score (nSPS) is 11.2. The van der Waals surface area contributed by atoms with E-state index in [-0.39, 0.29) is 0 Å². The number of rotatable bonds is 1. The molecule has 16 heavy (non-hydrogen) atoms. The van der Waals surface area contributed by atoms with E-state index in [1.807, 2.05) is 12.1 Å². The van der Waals surface area contributed by atoms with Gasteiger partial charge in [0.2, 0.25) is 0 Å². The molecule has 0 amide bonds. The molecule has 2 aromatic carbocycles. The van der Waals surface area contributed by atoms with Crippen LogP contribution in [-0.2, 0) is 0 Å². The Morgan fingerprint density at radius 3 is 2.12 bits per heavy atom. The predicted molar refractivity (Wildman–Crippen MR) is 74.2 cm³/mol. The molecule has 0 bridgehead atoms. The third-order valence-electron chi connectivity index (χ3n) is 2.82. The molecule has 72 valence electrons. The first-order chi connectivity index (χ1) is 7.49. The highest BCUT2D eigenvalue weighted by Crippen LogP contribution is 2.17. The molecular weight excluding hydrogens is 189 g/mol. The Morgan fingerprint density at radius 1 is 0.875 bits per heavy atom. The summed E-state index contributed by atoms with van der Waals surface area (Å²) in [4.78, 5) is 0. The van der Waals surface area contributed by atoms with Crippen molar-refractivity contribution in [2.75, 3.05) is 0 Å². The van der Waals surface area contributed by atoms with E-state index in [0.29, 0.717) is 16.8 Å². The highest BCUT2D eigenvalue weighted by atomic mass is 14.1. The summed E-state index contributed by atoms with van der Waals surface area (Å²) in [5.74, 6) is 0.439. The van der Waals surface area contributed by atoms with Gasteiger partial charge in [-0.05, 0) is 22.3 Å². The first kappa shape index (κ1) is 11.4. The van der Waals surface area contributed by atoms with Gasteiger partial charge in [0, 0.05) is 0 Å². The second-order valence-electron chi connectivity index (χ2n) is 4.47. The van der Waals surface area contributed by atoms with Gasteiger partial charge in [0.1, 0.15) is 23.5 Å². The molecule has 2 aromatic rings. The van der Waals surface area contributed by atoms with E-state index in [0.717, 1.165) is 16.2 Å². The largest absolute Gasteiger partial charge is 0.114 e. The molecule has 0 saturated heterocycles. The van der Waals surface area contributed by atoms with Crippen LogP contribution in [0.2, 0.25) is 0 Å². The maximum absolute atomic E-state index is 6.02. The summed E-state index contributed by atoms with van der Waals surface area (Å²) in [7, 11) is 17.7. The first-order valence-corrected chi connectivity index (χ1v) is 5.37. The van der Waals surface area contributed by atoms with Crippen molar-refractivity contribution < 1.29 is 0 Å². The molecule has 0 unspecified atom stereocenters. The van der Waals surface area contributed by atoms with Gasteiger partial charge in [-0.2, -0.15) is 0 Å². The maximum Gasteiger partial charge on any atom is 0.114 e. The Kier molecular flexibility index (Phi) is 2.88. The Morgan fingerprint density at radius 2 is 1.50 bits per heavy atom. The summed E-state index contributed by atoms with van der Waals surface area (Å²) in [6.45, 7) is 4.27. The van der Waals surface area contributed by atoms with Gasteiger partial charge >= 0.3 is 0 Å². The third kappa shape index (κ3) is 1.91. The average molecular weight is 200 g/mol. The van der Waals surface area contributed by atoms with Gasteiger partial charge in [-0.25, -0.2) is 0 Å². The molecule has 0 aliphatic rings. The zero-order chi connectivity index (χ0) is 11.9. The van der Waals surface area contributed by atoms with E-state index in [4.69, 9.17) is 23.5 Å². The Bertz CT molecular complexity index is 544. The second kappa shape index (κ2) is 4.05. The number of fused-ring (bicyclic) bond motifs is 1. The number of benzene rings is 2. The lowest BCUT2D eigenvalue weighted by Crippen LogP contribution is -2.21. The summed E-state index contributed by atoms with van der Waals surface area (Å²) in [5.41, 5.74) is 3.24. The molecule has 0 aliphatic heterocycles. The average Bonchev–Trinajstić information content (AvgIpc) is 2.15. The van der Waals surface area contributed by atoms with Crippen molar-refractivity contribution in [3.63, 3.8) is 0 Å². The van der Waals surface area contributed by atoms with Gasteiger partial charge in [-0.15, -0.1) is 0 Å². The molecule has 0 saturated carbocycles. The number of hydrogen-bond donors (Lipinski definition) is 0. The molecule has 0 N–H and O–H groups in total. The van der Waals surface area contributed by atoms with E-state index in [1.165, 1.54) is 5.56 Å². The molecule has 0 aromatic heterocycles. The van der Waals surface area contributed by atoms with Gasteiger partial charge in [0.15, 0.2) is 0 Å². The van der Waals surface area contributed by atoms with Crippen LogP contribution in [0.3, 0.4) is 0 Å². The summed E-state index contributed by atoms with van der Waals surface area (Å²) >= 11 is 0. The summed E-state index contributed by atoms with van der Waals surface area (Å²) < 4.78 is 0. The smallest absolute Gasteiger partial charge is 0.0966 e. The van der Waals surface area contributed by atoms with Crippen LogP contribution in [0.4, 0.5) is 0 Å². The molecular formula is C13H11B3. The van der Waals surface area contributed by atoms with E-state index in [2.05, 4.69) is 19.9 Å². The van der Waals surface area contributed by atoms with Crippen LogP contribution in [0.25, 0.3) is 10.8 Å². The van der Waals surface area contributed by atoms with E-state index >= 15 is 0 Å². The van der Waals surface area contributed by atoms with Crippen LogP contribution < -0.4 is 16.4 Å². The standard InChI is InChI=1S/C13H11B3/c1-7(2)8-3-9-4-10(14)6-12(16)13(9)11(15)5-8/h3-7H,1-2H3. The van der Waals surface area contributed by atoms with Crippen molar-refractivity contribution in [3.8, 4) is 0 Å². The van der Waals surface area contributed by atoms with Crippen molar-refractivity contribution in [1.29, 1.82) is 0 Å². The fourth-order valence-electron chi connectivity index (χ4n) is 1.97. The van der Waals surface area contributed by atoms with Gasteiger partial charge in [-0.1, -0.05) is 54.5 Å². The van der Waals surface area contributed by atoms with Crippen LogP contribution in [0, 0.1) is 0 Å². The van der Waals surface area contributed by atoms with Crippen molar-refractivity contribution in [2.24, 2.45) is 0 Å². The zero-order valence-corrected chi connectivity index (χ0v) is 9.62. The lowest BCUT2D eigenvalue weighted by molar-refractivity contribution is 0.870. The highest BCUT2D eigenvalue weighted by molar-refractivity contribution is 6.49. The fourth-order valence-corrected chi connectivity index (χ4v) is 1.97. The minimum atomic E-state index is 0.439. The Hall–Kier alpha value is -1.11. The first-order valence-electron chi connectivity index (χ1n) is 5.37. The van der Waals surface area contributed by atoms with Gasteiger partial charge < -0.3 is 0 Å². The van der Waals surface area contributed by atoms with Crippen LogP contribution in [0.5, 0.6) is 0 Å². The van der Waals surface area contributed by atoms with E-state index in [9.17, 15) is 0 Å². The lowest BCUT2D eigenvalue weighted by Gasteiger charge is -2.13. The molecule has 0 heterocycles. The minimum Gasteiger partial charge on any atom is -0.0966 e. The van der Waals surface area contributed by atoms with Gasteiger partial charge in [0.25, 0.3) is 0 Å². The quantitative estimate of drug-likeness (QED) is 0.582. The molecule has 0 spiro atoms. The zero-order valence-electron chi connectivity index (χ0n) is 9.62. The van der Waals surface area contributed by atoms with Crippen molar-refractivity contribution in [3.05, 3.63) is 29.8 Å². The molecule has 3 heteroatoms. The number of hydrogen-bond acceptors (Lipinski definition) is 0. The van der Waals surface area contributed by atoms with Gasteiger partial charge in [0.05, 0.1) is 0 Å².